The Bertz CT molecular complexity index is 1040. The van der Waals surface area contributed by atoms with E-state index in [1.807, 2.05) is 54.8 Å². The molecule has 2 atom stereocenters. The number of thiophene rings is 1. The molecule has 0 aliphatic rings. The van der Waals surface area contributed by atoms with Crippen molar-refractivity contribution in [2.75, 3.05) is 12.8 Å². The maximum Gasteiger partial charge on any atom is 0.225 e. The number of anilines is 1. The van der Waals surface area contributed by atoms with Gasteiger partial charge in [-0.2, -0.15) is 0 Å². The molecular weight excluding hydrogens is 397 g/mol. The van der Waals surface area contributed by atoms with Gasteiger partial charge in [-0.25, -0.2) is 4.39 Å². The van der Waals surface area contributed by atoms with Gasteiger partial charge in [0, 0.05) is 17.6 Å². The molecule has 0 bridgehead atoms. The zero-order chi connectivity index (χ0) is 21.7. The van der Waals surface area contributed by atoms with Crippen LogP contribution in [0.2, 0.25) is 0 Å². The fourth-order valence-corrected chi connectivity index (χ4v) is 4.42. The van der Waals surface area contributed by atoms with Gasteiger partial charge < -0.3 is 16.8 Å². The Morgan fingerprint density at radius 2 is 1.93 bits per heavy atom. The zero-order valence-corrected chi connectivity index (χ0v) is 17.9. The summed E-state index contributed by atoms with van der Waals surface area (Å²) in [5.74, 6) is -0.868. The lowest BCUT2D eigenvalue weighted by Crippen LogP contribution is -2.47. The van der Waals surface area contributed by atoms with Crippen LogP contribution in [0.1, 0.15) is 23.8 Å². The second kappa shape index (κ2) is 9.24. The van der Waals surface area contributed by atoms with Gasteiger partial charge >= 0.3 is 0 Å². The lowest BCUT2D eigenvalue weighted by molar-refractivity contribution is -0.126. The Morgan fingerprint density at radius 1 is 1.20 bits per heavy atom. The number of hydrogen-bond donors (Lipinski definition) is 3. The standard InChI is InChI=1S/C24H26FN3OS/c1-24(27,22-14-18(15-30-22)17-6-4-7-20(26)13-17)21(23(29)28-2)8-3-5-16-9-11-19(25)12-10-16/h3-7,9-15,21H,8,26-27H2,1-2H3,(H,28,29)/b5-3+/t21?,24-/m0/s1. The minimum atomic E-state index is -0.865. The average molecular weight is 424 g/mol. The van der Waals surface area contributed by atoms with Crippen LogP contribution >= 0.6 is 11.3 Å². The van der Waals surface area contributed by atoms with Gasteiger partial charge in [-0.15, -0.1) is 11.3 Å². The first-order valence-corrected chi connectivity index (χ1v) is 10.6. The topological polar surface area (TPSA) is 81.1 Å². The van der Waals surface area contributed by atoms with E-state index in [2.05, 4.69) is 5.32 Å². The third-order valence-electron chi connectivity index (χ3n) is 5.19. The van der Waals surface area contributed by atoms with Gasteiger partial charge in [0.15, 0.2) is 0 Å². The number of benzene rings is 2. The van der Waals surface area contributed by atoms with E-state index < -0.39 is 11.5 Å². The Hall–Kier alpha value is -2.96. The van der Waals surface area contributed by atoms with E-state index in [-0.39, 0.29) is 11.7 Å². The Morgan fingerprint density at radius 3 is 2.60 bits per heavy atom. The van der Waals surface area contributed by atoms with Crippen LogP contribution in [-0.2, 0) is 10.3 Å². The number of allylic oxidation sites excluding steroid dienone is 1. The Labute approximate surface area is 180 Å². The van der Waals surface area contributed by atoms with E-state index in [1.165, 1.54) is 23.5 Å². The predicted octanol–water partition coefficient (Wildman–Crippen LogP) is 4.78. The fraction of sp³-hybridized carbons (Fsp3) is 0.208. The Balaban J connectivity index is 1.83. The van der Waals surface area contributed by atoms with E-state index in [4.69, 9.17) is 11.5 Å². The van der Waals surface area contributed by atoms with Crippen molar-refractivity contribution < 1.29 is 9.18 Å². The number of nitrogens with one attached hydrogen (secondary N) is 1. The van der Waals surface area contributed by atoms with Crippen molar-refractivity contribution in [2.24, 2.45) is 11.7 Å². The van der Waals surface area contributed by atoms with E-state index in [0.717, 1.165) is 21.6 Å². The van der Waals surface area contributed by atoms with E-state index in [1.54, 1.807) is 19.2 Å². The predicted molar refractivity (Wildman–Crippen MR) is 123 cm³/mol. The monoisotopic (exact) mass is 423 g/mol. The molecule has 0 fully saturated rings. The van der Waals surface area contributed by atoms with Crippen LogP contribution in [0.3, 0.4) is 0 Å². The largest absolute Gasteiger partial charge is 0.399 e. The molecule has 0 saturated carbocycles. The summed E-state index contributed by atoms with van der Waals surface area (Å²) in [4.78, 5) is 13.6. The molecule has 1 amide bonds. The van der Waals surface area contributed by atoms with Gasteiger partial charge in [0.25, 0.3) is 0 Å². The van der Waals surface area contributed by atoms with Crippen LogP contribution in [0.4, 0.5) is 10.1 Å². The second-order valence-electron chi connectivity index (χ2n) is 7.46. The van der Waals surface area contributed by atoms with Crippen molar-refractivity contribution in [2.45, 2.75) is 18.9 Å². The van der Waals surface area contributed by atoms with Crippen molar-refractivity contribution >= 4 is 29.0 Å². The first-order chi connectivity index (χ1) is 14.3. The number of carbonyl (C=O) groups excluding carboxylic acids is 1. The number of halogens is 1. The van der Waals surface area contributed by atoms with E-state index in [0.29, 0.717) is 12.1 Å². The molecule has 1 heterocycles. The lowest BCUT2D eigenvalue weighted by atomic mass is 9.81. The SMILES string of the molecule is CNC(=O)C(C/C=C/c1ccc(F)cc1)[C@](C)(N)c1cc(-c2cccc(N)c2)cs1. The molecule has 30 heavy (non-hydrogen) atoms. The van der Waals surface area contributed by atoms with Gasteiger partial charge in [-0.05, 0) is 65.7 Å². The van der Waals surface area contributed by atoms with Crippen LogP contribution in [0.15, 0.2) is 66.1 Å². The third-order valence-corrected chi connectivity index (χ3v) is 6.37. The van der Waals surface area contributed by atoms with E-state index >= 15 is 0 Å². The zero-order valence-electron chi connectivity index (χ0n) is 17.1. The number of nitrogens with two attached hydrogens (primary N) is 2. The molecule has 0 spiro atoms. The smallest absolute Gasteiger partial charge is 0.225 e. The molecule has 6 heteroatoms. The minimum Gasteiger partial charge on any atom is -0.399 e. The van der Waals surface area contributed by atoms with Crippen LogP contribution < -0.4 is 16.8 Å². The van der Waals surface area contributed by atoms with Gasteiger partial charge in [0.2, 0.25) is 5.91 Å². The molecule has 0 saturated heterocycles. The molecule has 0 radical (unpaired) electrons. The van der Waals surface area contributed by atoms with Crippen molar-refractivity contribution in [3.05, 3.63) is 82.3 Å². The summed E-state index contributed by atoms with van der Waals surface area (Å²) >= 11 is 1.53. The summed E-state index contributed by atoms with van der Waals surface area (Å²) in [6.07, 6.45) is 4.23. The highest BCUT2D eigenvalue weighted by Gasteiger charge is 2.37. The molecule has 3 rings (SSSR count). The van der Waals surface area contributed by atoms with Gasteiger partial charge in [0.05, 0.1) is 11.5 Å². The highest BCUT2D eigenvalue weighted by Crippen LogP contribution is 2.37. The van der Waals surface area contributed by atoms with Crippen LogP contribution in [0, 0.1) is 11.7 Å². The van der Waals surface area contributed by atoms with Crippen molar-refractivity contribution in [3.8, 4) is 11.1 Å². The highest BCUT2D eigenvalue weighted by atomic mass is 32.1. The summed E-state index contributed by atoms with van der Waals surface area (Å²) < 4.78 is 13.1. The molecule has 2 aromatic carbocycles. The number of rotatable bonds is 7. The Kier molecular flexibility index (Phi) is 6.70. The molecule has 0 aliphatic heterocycles. The molecule has 5 N–H and O–H groups in total. The van der Waals surface area contributed by atoms with Gasteiger partial charge in [-0.3, -0.25) is 4.79 Å². The second-order valence-corrected chi connectivity index (χ2v) is 8.38. The third kappa shape index (κ3) is 4.96. The first kappa shape index (κ1) is 21.7. The van der Waals surface area contributed by atoms with Gasteiger partial charge in [-0.1, -0.05) is 36.4 Å². The summed E-state index contributed by atoms with van der Waals surface area (Å²) in [6, 6.07) is 15.9. The van der Waals surface area contributed by atoms with Crippen LogP contribution in [0.25, 0.3) is 17.2 Å². The van der Waals surface area contributed by atoms with Crippen molar-refractivity contribution in [1.82, 2.24) is 5.32 Å². The fourth-order valence-electron chi connectivity index (χ4n) is 3.37. The highest BCUT2D eigenvalue weighted by molar-refractivity contribution is 7.10. The average Bonchev–Trinajstić information content (AvgIpc) is 3.23. The number of hydrogen-bond acceptors (Lipinski definition) is 4. The normalized spacial score (nSPS) is 14.4. The van der Waals surface area contributed by atoms with Crippen LogP contribution in [-0.4, -0.2) is 13.0 Å². The number of nitrogen functional groups attached to an aromatic ring is 1. The first-order valence-electron chi connectivity index (χ1n) is 9.68. The minimum absolute atomic E-state index is 0.123. The summed E-state index contributed by atoms with van der Waals surface area (Å²) in [6.45, 7) is 1.88. The van der Waals surface area contributed by atoms with E-state index in [9.17, 15) is 9.18 Å². The van der Waals surface area contributed by atoms with Crippen molar-refractivity contribution in [1.29, 1.82) is 0 Å². The van der Waals surface area contributed by atoms with Crippen LogP contribution in [0.5, 0.6) is 0 Å². The number of carbonyl (C=O) groups is 1. The number of amides is 1. The van der Waals surface area contributed by atoms with Gasteiger partial charge in [0.1, 0.15) is 5.82 Å². The molecular formula is C24H26FN3OS. The molecule has 4 nitrogen and oxygen atoms in total. The molecule has 1 unspecified atom stereocenters. The van der Waals surface area contributed by atoms with Crippen molar-refractivity contribution in [3.63, 3.8) is 0 Å². The quantitative estimate of drug-likeness (QED) is 0.479. The molecule has 0 aliphatic carbocycles. The lowest BCUT2D eigenvalue weighted by Gasteiger charge is -2.31. The molecule has 156 valence electrons. The molecule has 1 aromatic heterocycles. The maximum absolute atomic E-state index is 13.1. The molecule has 3 aromatic rings. The summed E-state index contributed by atoms with van der Waals surface area (Å²) in [5.41, 5.74) is 15.4. The maximum atomic E-state index is 13.1. The summed E-state index contributed by atoms with van der Waals surface area (Å²) in [7, 11) is 1.61. The summed E-state index contributed by atoms with van der Waals surface area (Å²) in [5, 5.41) is 4.76.